The average molecular weight is 350 g/mol. The number of halogens is 1. The summed E-state index contributed by atoms with van der Waals surface area (Å²) in [5.41, 5.74) is 0.431. The van der Waals surface area contributed by atoms with Crippen LogP contribution >= 0.6 is 11.3 Å². The van der Waals surface area contributed by atoms with Crippen LogP contribution in [0.4, 0.5) is 10.1 Å². The first kappa shape index (κ1) is 16.5. The Morgan fingerprint density at radius 1 is 1.21 bits per heavy atom. The van der Waals surface area contributed by atoms with Gasteiger partial charge in [0.15, 0.2) is 0 Å². The van der Waals surface area contributed by atoms with E-state index < -0.39 is 11.7 Å². The number of rotatable bonds is 5. The van der Waals surface area contributed by atoms with Crippen molar-refractivity contribution in [2.24, 2.45) is 0 Å². The van der Waals surface area contributed by atoms with Crippen molar-refractivity contribution >= 4 is 28.8 Å². The molecule has 0 spiro atoms. The maximum atomic E-state index is 12.8. The van der Waals surface area contributed by atoms with Gasteiger partial charge in [0.2, 0.25) is 10.0 Å². The molecule has 2 aromatic rings. The summed E-state index contributed by atoms with van der Waals surface area (Å²) in [4.78, 5) is 24.1. The molecule has 1 aromatic heterocycles. The lowest BCUT2D eigenvalue weighted by atomic mass is 10.2. The molecule has 0 saturated carbocycles. The summed E-state index contributed by atoms with van der Waals surface area (Å²) in [6, 6.07) is 5.34. The molecule has 0 radical (unpaired) electrons. The van der Waals surface area contributed by atoms with Crippen LogP contribution in [0.15, 0.2) is 24.3 Å². The van der Waals surface area contributed by atoms with Gasteiger partial charge in [-0.2, -0.15) is 0 Å². The molecule has 0 aliphatic carbocycles. The summed E-state index contributed by atoms with van der Waals surface area (Å²) in [6.45, 7) is 1.13. The highest BCUT2D eigenvalue weighted by molar-refractivity contribution is 7.15. The monoisotopic (exact) mass is 350 g/mol. The number of hydrogen-bond donors (Lipinski definition) is 2. The van der Waals surface area contributed by atoms with Crippen molar-refractivity contribution in [1.29, 1.82) is 0 Å². The zero-order chi connectivity index (χ0) is 16.9. The zero-order valence-electron chi connectivity index (χ0n) is 12.6. The third kappa shape index (κ3) is 4.12. The van der Waals surface area contributed by atoms with Crippen LogP contribution in [0.2, 0.25) is 0 Å². The van der Waals surface area contributed by atoms with E-state index in [9.17, 15) is 14.0 Å². The van der Waals surface area contributed by atoms with Gasteiger partial charge in [0.25, 0.3) is 11.8 Å². The Morgan fingerprint density at radius 2 is 1.92 bits per heavy atom. The maximum absolute atomic E-state index is 12.8. The normalized spacial score (nSPS) is 16.8. The Morgan fingerprint density at radius 3 is 2.58 bits per heavy atom. The van der Waals surface area contributed by atoms with Crippen LogP contribution in [0.25, 0.3) is 0 Å². The summed E-state index contributed by atoms with van der Waals surface area (Å²) in [6.07, 6.45) is 1.94. The Kier molecular flexibility index (Phi) is 5.11. The van der Waals surface area contributed by atoms with Gasteiger partial charge in [0.1, 0.15) is 5.82 Å². The fourth-order valence-electron chi connectivity index (χ4n) is 2.21. The number of carbonyl (C=O) groups is 2. The average Bonchev–Trinajstić information content (AvgIpc) is 3.26. The number of amides is 2. The summed E-state index contributed by atoms with van der Waals surface area (Å²) >= 11 is 0.893. The molecule has 1 saturated heterocycles. The van der Waals surface area contributed by atoms with Gasteiger partial charge in [-0.1, -0.05) is 11.3 Å². The topological polar surface area (TPSA) is 93.2 Å². The molecule has 9 heteroatoms. The van der Waals surface area contributed by atoms with E-state index in [1.165, 1.54) is 24.3 Å². The highest BCUT2D eigenvalue weighted by atomic mass is 32.1. The SMILES string of the molecule is O=C(NCC1CCCO1)c1nnc(C(=O)Nc2ccc(F)cc2)s1. The fraction of sp³-hybridized carbons (Fsp3) is 0.333. The predicted molar refractivity (Wildman–Crippen MR) is 85.6 cm³/mol. The molecule has 2 N–H and O–H groups in total. The first-order valence-corrected chi connectivity index (χ1v) is 8.23. The van der Waals surface area contributed by atoms with Crippen LogP contribution in [0.5, 0.6) is 0 Å². The molecule has 1 unspecified atom stereocenters. The summed E-state index contributed by atoms with van der Waals surface area (Å²) < 4.78 is 18.3. The van der Waals surface area contributed by atoms with E-state index in [-0.39, 0.29) is 22.0 Å². The number of nitrogens with zero attached hydrogens (tertiary/aromatic N) is 2. The first-order valence-electron chi connectivity index (χ1n) is 7.42. The molecule has 0 bridgehead atoms. The number of carbonyl (C=O) groups excluding carboxylic acids is 2. The van der Waals surface area contributed by atoms with E-state index in [2.05, 4.69) is 20.8 Å². The quantitative estimate of drug-likeness (QED) is 0.858. The van der Waals surface area contributed by atoms with Crippen molar-refractivity contribution in [2.75, 3.05) is 18.5 Å². The largest absolute Gasteiger partial charge is 0.376 e. The highest BCUT2D eigenvalue weighted by Crippen LogP contribution is 2.15. The molecule has 2 amide bonds. The fourth-order valence-corrected chi connectivity index (χ4v) is 2.87. The lowest BCUT2D eigenvalue weighted by Gasteiger charge is -2.08. The van der Waals surface area contributed by atoms with E-state index in [1.54, 1.807) is 0 Å². The number of nitrogens with one attached hydrogen (secondary N) is 2. The molecule has 2 heterocycles. The number of anilines is 1. The minimum absolute atomic E-state index is 0.0307. The van der Waals surface area contributed by atoms with Crippen molar-refractivity contribution in [3.8, 4) is 0 Å². The van der Waals surface area contributed by atoms with Gasteiger partial charge in [-0.25, -0.2) is 4.39 Å². The molecule has 126 valence electrons. The van der Waals surface area contributed by atoms with E-state index in [0.29, 0.717) is 18.8 Å². The number of hydrogen-bond acceptors (Lipinski definition) is 6. The van der Waals surface area contributed by atoms with Crippen LogP contribution in [0.1, 0.15) is 32.4 Å². The Balaban J connectivity index is 1.56. The van der Waals surface area contributed by atoms with Gasteiger partial charge in [-0.3, -0.25) is 9.59 Å². The number of aromatic nitrogens is 2. The van der Waals surface area contributed by atoms with Gasteiger partial charge >= 0.3 is 0 Å². The van der Waals surface area contributed by atoms with Gasteiger partial charge in [-0.15, -0.1) is 10.2 Å². The van der Waals surface area contributed by atoms with E-state index in [0.717, 1.165) is 24.2 Å². The van der Waals surface area contributed by atoms with Crippen LogP contribution in [-0.2, 0) is 4.74 Å². The Labute approximate surface area is 141 Å². The predicted octanol–water partition coefficient (Wildman–Crippen LogP) is 1.84. The van der Waals surface area contributed by atoms with Crippen molar-refractivity contribution in [1.82, 2.24) is 15.5 Å². The van der Waals surface area contributed by atoms with Gasteiger partial charge < -0.3 is 15.4 Å². The van der Waals surface area contributed by atoms with Gasteiger partial charge in [0.05, 0.1) is 6.10 Å². The molecule has 1 aliphatic rings. The molecular weight excluding hydrogens is 335 g/mol. The third-order valence-corrected chi connectivity index (χ3v) is 4.35. The maximum Gasteiger partial charge on any atom is 0.286 e. The minimum Gasteiger partial charge on any atom is -0.376 e. The lowest BCUT2D eigenvalue weighted by molar-refractivity contribution is 0.0856. The first-order chi connectivity index (χ1) is 11.6. The summed E-state index contributed by atoms with van der Waals surface area (Å²) in [5, 5.41) is 12.9. The third-order valence-electron chi connectivity index (χ3n) is 3.43. The number of benzene rings is 1. The molecule has 3 rings (SSSR count). The summed E-state index contributed by atoms with van der Waals surface area (Å²) in [5.74, 6) is -1.28. The molecular formula is C15H15FN4O3S. The molecule has 1 aromatic carbocycles. The second-order valence-electron chi connectivity index (χ2n) is 5.22. The second kappa shape index (κ2) is 7.45. The number of ether oxygens (including phenoxy) is 1. The molecule has 1 fully saturated rings. The van der Waals surface area contributed by atoms with E-state index in [4.69, 9.17) is 4.74 Å². The lowest BCUT2D eigenvalue weighted by Crippen LogP contribution is -2.31. The molecule has 1 atom stereocenters. The van der Waals surface area contributed by atoms with E-state index in [1.807, 2.05) is 0 Å². The minimum atomic E-state index is -0.503. The summed E-state index contributed by atoms with van der Waals surface area (Å²) in [7, 11) is 0. The Hall–Kier alpha value is -2.39. The van der Waals surface area contributed by atoms with Crippen molar-refractivity contribution in [3.05, 3.63) is 40.1 Å². The van der Waals surface area contributed by atoms with Crippen LogP contribution in [-0.4, -0.2) is 41.3 Å². The van der Waals surface area contributed by atoms with Gasteiger partial charge in [-0.05, 0) is 37.1 Å². The second-order valence-corrected chi connectivity index (χ2v) is 6.20. The van der Waals surface area contributed by atoms with Crippen LogP contribution in [0.3, 0.4) is 0 Å². The van der Waals surface area contributed by atoms with Crippen molar-refractivity contribution < 1.29 is 18.7 Å². The standard InChI is InChI=1S/C15H15FN4O3S/c16-9-3-5-10(6-4-9)18-13(22)15-20-19-14(24-15)12(21)17-8-11-2-1-7-23-11/h3-6,11H,1-2,7-8H2,(H,17,21)(H,18,22). The smallest absolute Gasteiger partial charge is 0.286 e. The Bertz CT molecular complexity index is 729. The van der Waals surface area contributed by atoms with E-state index >= 15 is 0 Å². The van der Waals surface area contributed by atoms with Crippen molar-refractivity contribution in [2.45, 2.75) is 18.9 Å². The van der Waals surface area contributed by atoms with Crippen LogP contribution < -0.4 is 10.6 Å². The van der Waals surface area contributed by atoms with Crippen LogP contribution in [0, 0.1) is 5.82 Å². The van der Waals surface area contributed by atoms with Crippen molar-refractivity contribution in [3.63, 3.8) is 0 Å². The zero-order valence-corrected chi connectivity index (χ0v) is 13.4. The molecule has 24 heavy (non-hydrogen) atoms. The molecule has 7 nitrogen and oxygen atoms in total. The highest BCUT2D eigenvalue weighted by Gasteiger charge is 2.20. The van der Waals surface area contributed by atoms with Gasteiger partial charge in [0, 0.05) is 18.8 Å². The molecule has 1 aliphatic heterocycles.